The van der Waals surface area contributed by atoms with Crippen LogP contribution in [0.5, 0.6) is 0 Å². The maximum atomic E-state index is 12.2. The second-order valence-corrected chi connectivity index (χ2v) is 8.85. The average Bonchev–Trinajstić information content (AvgIpc) is 2.91. The van der Waals surface area contributed by atoms with Crippen molar-refractivity contribution in [1.82, 2.24) is 0 Å². The molecule has 9 heteroatoms. The number of carbonyl (C=O) groups excluding carboxylic acids is 5. The van der Waals surface area contributed by atoms with Gasteiger partial charge in [-0.05, 0) is 42.8 Å². The van der Waals surface area contributed by atoms with Crippen molar-refractivity contribution >= 4 is 51.0 Å². The number of ether oxygens (including phenoxy) is 2. The van der Waals surface area contributed by atoms with Crippen LogP contribution in [0, 0.1) is 0 Å². The Hall–Kier alpha value is -4.11. The molecule has 0 saturated heterocycles. The molecule has 3 aromatic rings. The Kier molecular flexibility index (Phi) is 10.3. The Bertz CT molecular complexity index is 1260. The third kappa shape index (κ3) is 9.12. The molecule has 190 valence electrons. The number of carbonyl (C=O) groups is 5. The SMILES string of the molecule is O=C(CCCC(=O)OCC(=O)c1ccc(Br)cc1)Nc1ccc(C(=O)OCC(=O)c2ccccc2)cc1. The summed E-state index contributed by atoms with van der Waals surface area (Å²) in [4.78, 5) is 60.3. The molecule has 0 aliphatic rings. The van der Waals surface area contributed by atoms with E-state index < -0.39 is 11.9 Å². The van der Waals surface area contributed by atoms with Crippen LogP contribution in [0.1, 0.15) is 50.3 Å². The van der Waals surface area contributed by atoms with Gasteiger partial charge in [0.15, 0.2) is 24.8 Å². The van der Waals surface area contributed by atoms with Gasteiger partial charge in [0.1, 0.15) is 0 Å². The lowest BCUT2D eigenvalue weighted by Gasteiger charge is -2.08. The van der Waals surface area contributed by atoms with Gasteiger partial charge in [0.25, 0.3) is 0 Å². The number of rotatable bonds is 12. The van der Waals surface area contributed by atoms with Gasteiger partial charge in [0.05, 0.1) is 5.56 Å². The molecule has 0 atom stereocenters. The number of amides is 1. The highest BCUT2D eigenvalue weighted by molar-refractivity contribution is 9.10. The van der Waals surface area contributed by atoms with E-state index in [9.17, 15) is 24.0 Å². The number of benzene rings is 3. The van der Waals surface area contributed by atoms with Crippen LogP contribution in [0.25, 0.3) is 0 Å². The second-order valence-electron chi connectivity index (χ2n) is 7.94. The normalized spacial score (nSPS) is 10.3. The van der Waals surface area contributed by atoms with Crippen molar-refractivity contribution in [2.24, 2.45) is 0 Å². The summed E-state index contributed by atoms with van der Waals surface area (Å²) in [5.41, 5.74) is 1.59. The average molecular weight is 566 g/mol. The number of esters is 2. The minimum absolute atomic E-state index is 0.00643. The van der Waals surface area contributed by atoms with Gasteiger partial charge in [-0.3, -0.25) is 19.2 Å². The van der Waals surface area contributed by atoms with Crippen molar-refractivity contribution in [1.29, 1.82) is 0 Å². The fourth-order valence-electron chi connectivity index (χ4n) is 3.17. The Morgan fingerprint density at radius 3 is 1.86 bits per heavy atom. The highest BCUT2D eigenvalue weighted by Gasteiger charge is 2.13. The van der Waals surface area contributed by atoms with E-state index in [1.165, 1.54) is 24.3 Å². The van der Waals surface area contributed by atoms with Crippen molar-refractivity contribution in [2.75, 3.05) is 18.5 Å². The molecular weight excluding hydrogens is 542 g/mol. The molecular formula is C28H24BrNO7. The van der Waals surface area contributed by atoms with E-state index in [-0.39, 0.29) is 55.5 Å². The molecule has 0 aliphatic heterocycles. The van der Waals surface area contributed by atoms with Gasteiger partial charge >= 0.3 is 11.9 Å². The van der Waals surface area contributed by atoms with Crippen LogP contribution in [0.3, 0.4) is 0 Å². The van der Waals surface area contributed by atoms with Crippen molar-refractivity contribution in [2.45, 2.75) is 19.3 Å². The predicted molar refractivity (Wildman–Crippen MR) is 139 cm³/mol. The summed E-state index contributed by atoms with van der Waals surface area (Å²) < 4.78 is 10.9. The predicted octanol–water partition coefficient (Wildman–Crippen LogP) is 5.02. The number of nitrogens with one attached hydrogen (secondary N) is 1. The lowest BCUT2D eigenvalue weighted by Crippen LogP contribution is -2.16. The maximum absolute atomic E-state index is 12.2. The number of hydrogen-bond donors (Lipinski definition) is 1. The minimum atomic E-state index is -0.653. The Morgan fingerprint density at radius 2 is 1.22 bits per heavy atom. The molecule has 0 aliphatic carbocycles. The molecule has 37 heavy (non-hydrogen) atoms. The largest absolute Gasteiger partial charge is 0.457 e. The van der Waals surface area contributed by atoms with E-state index in [0.29, 0.717) is 16.8 Å². The summed E-state index contributed by atoms with van der Waals surface area (Å²) in [7, 11) is 0. The van der Waals surface area contributed by atoms with E-state index in [2.05, 4.69) is 21.2 Å². The molecule has 8 nitrogen and oxygen atoms in total. The van der Waals surface area contributed by atoms with Crippen LogP contribution in [0.2, 0.25) is 0 Å². The maximum Gasteiger partial charge on any atom is 0.338 e. The topological polar surface area (TPSA) is 116 Å². The van der Waals surface area contributed by atoms with Crippen molar-refractivity contribution < 1.29 is 33.4 Å². The van der Waals surface area contributed by atoms with Gasteiger partial charge in [-0.1, -0.05) is 58.4 Å². The highest BCUT2D eigenvalue weighted by atomic mass is 79.9. The van der Waals surface area contributed by atoms with Gasteiger partial charge in [-0.25, -0.2) is 4.79 Å². The number of halogens is 1. The molecule has 1 amide bonds. The molecule has 3 rings (SSSR count). The number of ketones is 2. The fourth-order valence-corrected chi connectivity index (χ4v) is 3.43. The third-order valence-electron chi connectivity index (χ3n) is 5.15. The van der Waals surface area contributed by atoms with E-state index >= 15 is 0 Å². The van der Waals surface area contributed by atoms with Gasteiger partial charge in [-0.2, -0.15) is 0 Å². The fraction of sp³-hybridized carbons (Fsp3) is 0.179. The van der Waals surface area contributed by atoms with Crippen LogP contribution in [-0.4, -0.2) is 42.6 Å². The summed E-state index contributed by atoms with van der Waals surface area (Å²) in [6.45, 7) is -0.732. The summed E-state index contributed by atoms with van der Waals surface area (Å²) >= 11 is 3.29. The summed E-state index contributed by atoms with van der Waals surface area (Å²) in [5.74, 6) is -2.15. The van der Waals surface area contributed by atoms with Crippen LogP contribution in [0.4, 0.5) is 5.69 Å². The minimum Gasteiger partial charge on any atom is -0.457 e. The Morgan fingerprint density at radius 1 is 0.649 bits per heavy atom. The summed E-state index contributed by atoms with van der Waals surface area (Å²) in [6.07, 6.45) is 0.311. The van der Waals surface area contributed by atoms with Gasteiger partial charge < -0.3 is 14.8 Å². The summed E-state index contributed by atoms with van der Waals surface area (Å²) in [6, 6.07) is 21.3. The Labute approximate surface area is 222 Å². The van der Waals surface area contributed by atoms with E-state index in [4.69, 9.17) is 9.47 Å². The molecule has 0 saturated carbocycles. The van der Waals surface area contributed by atoms with Crippen molar-refractivity contribution in [3.63, 3.8) is 0 Å². The molecule has 0 aromatic heterocycles. The van der Waals surface area contributed by atoms with Crippen LogP contribution >= 0.6 is 15.9 Å². The van der Waals surface area contributed by atoms with Gasteiger partial charge in [0.2, 0.25) is 5.91 Å². The molecule has 3 aromatic carbocycles. The zero-order valence-electron chi connectivity index (χ0n) is 19.8. The molecule has 0 heterocycles. The van der Waals surface area contributed by atoms with Crippen molar-refractivity contribution in [3.8, 4) is 0 Å². The molecule has 0 spiro atoms. The van der Waals surface area contributed by atoms with E-state index in [0.717, 1.165) is 4.47 Å². The monoisotopic (exact) mass is 565 g/mol. The van der Waals surface area contributed by atoms with Gasteiger partial charge in [-0.15, -0.1) is 0 Å². The van der Waals surface area contributed by atoms with Crippen molar-refractivity contribution in [3.05, 3.63) is 100 Å². The van der Waals surface area contributed by atoms with E-state index in [1.807, 2.05) is 0 Å². The van der Waals surface area contributed by atoms with Crippen LogP contribution in [0.15, 0.2) is 83.3 Å². The first-order valence-corrected chi connectivity index (χ1v) is 12.2. The summed E-state index contributed by atoms with van der Waals surface area (Å²) in [5, 5.41) is 2.67. The number of anilines is 1. The lowest BCUT2D eigenvalue weighted by atomic mass is 10.1. The zero-order chi connectivity index (χ0) is 26.6. The van der Waals surface area contributed by atoms with Crippen LogP contribution in [-0.2, 0) is 19.1 Å². The van der Waals surface area contributed by atoms with Crippen LogP contribution < -0.4 is 5.32 Å². The molecule has 1 N–H and O–H groups in total. The molecule has 0 bridgehead atoms. The first-order chi connectivity index (χ1) is 17.8. The molecule has 0 fully saturated rings. The highest BCUT2D eigenvalue weighted by Crippen LogP contribution is 2.13. The molecule has 0 radical (unpaired) electrons. The Balaban J connectivity index is 1.34. The third-order valence-corrected chi connectivity index (χ3v) is 5.68. The number of hydrogen-bond acceptors (Lipinski definition) is 7. The van der Waals surface area contributed by atoms with E-state index in [1.54, 1.807) is 54.6 Å². The van der Waals surface area contributed by atoms with Gasteiger partial charge in [0, 0.05) is 34.1 Å². The quantitative estimate of drug-likeness (QED) is 0.242. The number of Topliss-reactive ketones (excluding diaryl/α,β-unsaturated/α-hetero) is 2. The molecule has 0 unspecified atom stereocenters. The zero-order valence-corrected chi connectivity index (χ0v) is 21.4. The standard InChI is InChI=1S/C28H24BrNO7/c29-22-13-9-20(10-14-22)24(31)17-36-27(34)8-4-7-26(33)30-23-15-11-21(12-16-23)28(35)37-18-25(32)19-5-2-1-3-6-19/h1-3,5-6,9-16H,4,7-8,17-18H2,(H,30,33). The lowest BCUT2D eigenvalue weighted by molar-refractivity contribution is -0.142. The first kappa shape index (κ1) is 27.5. The second kappa shape index (κ2) is 13.8. The smallest absolute Gasteiger partial charge is 0.338 e. The first-order valence-electron chi connectivity index (χ1n) is 11.4.